The average molecular weight is 466 g/mol. The topological polar surface area (TPSA) is 119 Å². The number of carbonyl (C=O) groups excluding carboxylic acids is 3. The molecule has 2 aromatic rings. The molecule has 2 aliphatic heterocycles. The number of carboxylic acids is 1. The first kappa shape index (κ1) is 23.2. The van der Waals surface area contributed by atoms with Gasteiger partial charge in [0.05, 0.1) is 18.4 Å². The molecule has 2 aromatic carbocycles. The van der Waals surface area contributed by atoms with E-state index in [0.29, 0.717) is 49.7 Å². The number of methoxy groups -OCH3 is 1. The highest BCUT2D eigenvalue weighted by Crippen LogP contribution is 2.31. The second-order valence-corrected chi connectivity index (χ2v) is 8.21. The lowest BCUT2D eigenvalue weighted by Crippen LogP contribution is -2.50. The summed E-state index contributed by atoms with van der Waals surface area (Å²) in [6.07, 6.45) is 0.175. The van der Waals surface area contributed by atoms with Crippen molar-refractivity contribution in [2.45, 2.75) is 13.0 Å². The molecule has 0 aromatic heterocycles. The van der Waals surface area contributed by atoms with Gasteiger partial charge in [-0.3, -0.25) is 24.7 Å². The Kier molecular flexibility index (Phi) is 6.78. The Morgan fingerprint density at radius 2 is 1.65 bits per heavy atom. The Labute approximate surface area is 196 Å². The standard InChI is InChI=1S/C24H26N4O6/c1-34-20-7-6-18(14-19(20)28-9-8-21(29)25-24(28)33)22(30)27-12-10-26(11-13-27)15-16-2-4-17(5-3-16)23(31)32/h2-7,14H,8-13,15H2,1H3,(H,31,32)(H,25,29,33). The third kappa shape index (κ3) is 5.01. The summed E-state index contributed by atoms with van der Waals surface area (Å²) in [6, 6.07) is 11.2. The van der Waals surface area contributed by atoms with Crippen molar-refractivity contribution in [3.63, 3.8) is 0 Å². The molecule has 10 nitrogen and oxygen atoms in total. The molecule has 0 saturated carbocycles. The van der Waals surface area contributed by atoms with Crippen LogP contribution in [-0.4, -0.2) is 78.6 Å². The summed E-state index contributed by atoms with van der Waals surface area (Å²) in [5, 5.41) is 11.3. The number of hydrogen-bond acceptors (Lipinski definition) is 6. The van der Waals surface area contributed by atoms with Crippen LogP contribution in [0.15, 0.2) is 42.5 Å². The highest BCUT2D eigenvalue weighted by Gasteiger charge is 2.28. The van der Waals surface area contributed by atoms with E-state index in [0.717, 1.165) is 5.56 Å². The molecule has 2 N–H and O–H groups in total. The number of piperazine rings is 1. The summed E-state index contributed by atoms with van der Waals surface area (Å²) < 4.78 is 5.37. The fourth-order valence-corrected chi connectivity index (χ4v) is 4.13. The number of carboxylic acid groups (broad SMARTS) is 1. The highest BCUT2D eigenvalue weighted by atomic mass is 16.5. The normalized spacial score (nSPS) is 16.9. The van der Waals surface area contributed by atoms with Crippen LogP contribution in [0.25, 0.3) is 0 Å². The van der Waals surface area contributed by atoms with Crippen LogP contribution in [0.5, 0.6) is 5.75 Å². The number of nitrogens with one attached hydrogen (secondary N) is 1. The lowest BCUT2D eigenvalue weighted by molar-refractivity contribution is -0.120. The van der Waals surface area contributed by atoms with Gasteiger partial charge in [0.1, 0.15) is 5.75 Å². The largest absolute Gasteiger partial charge is 0.495 e. The van der Waals surface area contributed by atoms with Crippen molar-refractivity contribution in [3.8, 4) is 5.75 Å². The number of carbonyl (C=O) groups is 4. The van der Waals surface area contributed by atoms with E-state index in [9.17, 15) is 19.2 Å². The summed E-state index contributed by atoms with van der Waals surface area (Å²) in [6.45, 7) is 3.36. The average Bonchev–Trinajstić information content (AvgIpc) is 2.84. The second kappa shape index (κ2) is 9.92. The van der Waals surface area contributed by atoms with E-state index in [-0.39, 0.29) is 30.3 Å². The van der Waals surface area contributed by atoms with Crippen molar-refractivity contribution >= 4 is 29.5 Å². The minimum atomic E-state index is -0.949. The van der Waals surface area contributed by atoms with Gasteiger partial charge in [-0.05, 0) is 35.9 Å². The molecular formula is C24H26N4O6. The number of benzene rings is 2. The predicted molar refractivity (Wildman–Crippen MR) is 123 cm³/mol. The maximum Gasteiger partial charge on any atom is 0.335 e. The first-order chi connectivity index (χ1) is 16.4. The van der Waals surface area contributed by atoms with Gasteiger partial charge in [-0.15, -0.1) is 0 Å². The summed E-state index contributed by atoms with van der Waals surface area (Å²) >= 11 is 0. The first-order valence-corrected chi connectivity index (χ1v) is 11.0. The molecule has 34 heavy (non-hydrogen) atoms. The van der Waals surface area contributed by atoms with E-state index in [1.165, 1.54) is 12.0 Å². The van der Waals surface area contributed by atoms with Gasteiger partial charge in [0.2, 0.25) is 5.91 Å². The number of urea groups is 1. The number of anilines is 1. The Hall–Kier alpha value is -3.92. The van der Waals surface area contributed by atoms with Crippen molar-refractivity contribution < 1.29 is 29.0 Å². The zero-order chi connectivity index (χ0) is 24.2. The van der Waals surface area contributed by atoms with Crippen LogP contribution >= 0.6 is 0 Å². The van der Waals surface area contributed by atoms with Crippen LogP contribution in [0, 0.1) is 0 Å². The molecule has 4 rings (SSSR count). The van der Waals surface area contributed by atoms with Crippen LogP contribution in [0.2, 0.25) is 0 Å². The van der Waals surface area contributed by atoms with Crippen LogP contribution in [0.3, 0.4) is 0 Å². The number of rotatable bonds is 6. The molecule has 2 saturated heterocycles. The van der Waals surface area contributed by atoms with Crippen molar-refractivity contribution in [3.05, 3.63) is 59.2 Å². The molecule has 0 radical (unpaired) electrons. The summed E-state index contributed by atoms with van der Waals surface area (Å²) in [4.78, 5) is 53.4. The number of imide groups is 1. The van der Waals surface area contributed by atoms with E-state index in [4.69, 9.17) is 9.84 Å². The highest BCUT2D eigenvalue weighted by molar-refractivity contribution is 6.07. The second-order valence-electron chi connectivity index (χ2n) is 8.21. The Bertz CT molecular complexity index is 1110. The minimum Gasteiger partial charge on any atom is -0.495 e. The minimum absolute atomic E-state index is 0.136. The maximum absolute atomic E-state index is 13.2. The van der Waals surface area contributed by atoms with Gasteiger partial charge >= 0.3 is 12.0 Å². The molecule has 0 spiro atoms. The molecule has 10 heteroatoms. The molecule has 0 unspecified atom stereocenters. The van der Waals surface area contributed by atoms with E-state index < -0.39 is 12.0 Å². The number of nitrogens with zero attached hydrogens (tertiary/aromatic N) is 3. The fourth-order valence-electron chi connectivity index (χ4n) is 4.13. The van der Waals surface area contributed by atoms with Gasteiger partial charge in [-0.1, -0.05) is 12.1 Å². The van der Waals surface area contributed by atoms with Crippen molar-refractivity contribution in [1.82, 2.24) is 15.1 Å². The first-order valence-electron chi connectivity index (χ1n) is 11.0. The predicted octanol–water partition coefficient (Wildman–Crippen LogP) is 1.80. The van der Waals surface area contributed by atoms with E-state index in [2.05, 4.69) is 10.2 Å². The Balaban J connectivity index is 1.40. The Morgan fingerprint density at radius 1 is 0.971 bits per heavy atom. The van der Waals surface area contributed by atoms with Gasteiger partial charge in [0.15, 0.2) is 0 Å². The molecule has 0 atom stereocenters. The summed E-state index contributed by atoms with van der Waals surface area (Å²) in [5.41, 5.74) is 2.16. The van der Waals surface area contributed by atoms with E-state index in [1.54, 1.807) is 35.2 Å². The van der Waals surface area contributed by atoms with Gasteiger partial charge in [-0.25, -0.2) is 9.59 Å². The third-order valence-electron chi connectivity index (χ3n) is 6.04. The van der Waals surface area contributed by atoms with Gasteiger partial charge in [0, 0.05) is 51.3 Å². The van der Waals surface area contributed by atoms with Crippen molar-refractivity contribution in [1.29, 1.82) is 0 Å². The summed E-state index contributed by atoms with van der Waals surface area (Å²) in [7, 11) is 1.49. The van der Waals surface area contributed by atoms with Crippen LogP contribution in [0.4, 0.5) is 10.5 Å². The number of hydrogen-bond donors (Lipinski definition) is 2. The molecule has 178 valence electrons. The molecular weight excluding hydrogens is 440 g/mol. The number of ether oxygens (including phenoxy) is 1. The molecule has 4 amide bonds. The smallest absolute Gasteiger partial charge is 0.335 e. The van der Waals surface area contributed by atoms with E-state index >= 15 is 0 Å². The molecule has 2 heterocycles. The van der Waals surface area contributed by atoms with Gasteiger partial charge in [0.25, 0.3) is 5.91 Å². The quantitative estimate of drug-likeness (QED) is 0.666. The lowest BCUT2D eigenvalue weighted by Gasteiger charge is -2.35. The number of amides is 4. The van der Waals surface area contributed by atoms with Crippen LogP contribution < -0.4 is 15.0 Å². The van der Waals surface area contributed by atoms with Crippen LogP contribution in [0.1, 0.15) is 32.7 Å². The molecule has 0 bridgehead atoms. The SMILES string of the molecule is COc1ccc(C(=O)N2CCN(Cc3ccc(C(=O)O)cc3)CC2)cc1N1CCC(=O)NC1=O. The molecule has 0 aliphatic carbocycles. The van der Waals surface area contributed by atoms with Crippen molar-refractivity contribution in [2.75, 3.05) is 44.7 Å². The van der Waals surface area contributed by atoms with Crippen molar-refractivity contribution in [2.24, 2.45) is 0 Å². The monoisotopic (exact) mass is 466 g/mol. The van der Waals surface area contributed by atoms with Gasteiger partial charge in [-0.2, -0.15) is 0 Å². The molecule has 2 fully saturated rings. The maximum atomic E-state index is 13.2. The van der Waals surface area contributed by atoms with E-state index in [1.807, 2.05) is 12.1 Å². The zero-order valence-electron chi connectivity index (χ0n) is 18.8. The molecule has 2 aliphatic rings. The number of aromatic carboxylic acids is 1. The zero-order valence-corrected chi connectivity index (χ0v) is 18.8. The fraction of sp³-hybridized carbons (Fsp3) is 0.333. The van der Waals surface area contributed by atoms with Crippen LogP contribution in [-0.2, 0) is 11.3 Å². The lowest BCUT2D eigenvalue weighted by atomic mass is 10.1. The Morgan fingerprint density at radius 3 is 2.26 bits per heavy atom. The summed E-state index contributed by atoms with van der Waals surface area (Å²) in [5.74, 6) is -0.972. The third-order valence-corrected chi connectivity index (χ3v) is 6.04. The van der Waals surface area contributed by atoms with Gasteiger partial charge < -0.3 is 14.7 Å².